The average Bonchev–Trinajstić information content (AvgIpc) is 3.38. The van der Waals surface area contributed by atoms with E-state index >= 15 is 0 Å². The minimum Gasteiger partial charge on any atom is -0.508 e. The minimum atomic E-state index is -0.312. The van der Waals surface area contributed by atoms with E-state index in [-0.39, 0.29) is 11.9 Å². The lowest BCUT2D eigenvalue weighted by Gasteiger charge is -2.31. The average molecular weight is 543 g/mol. The molecule has 212 valence electrons. The van der Waals surface area contributed by atoms with Gasteiger partial charge < -0.3 is 24.2 Å². The molecule has 0 amide bonds. The number of aromatic hydroxyl groups is 1. The fourth-order valence-electron chi connectivity index (χ4n) is 5.57. The third-order valence-electron chi connectivity index (χ3n) is 7.98. The van der Waals surface area contributed by atoms with Crippen LogP contribution >= 0.6 is 0 Å². The summed E-state index contributed by atoms with van der Waals surface area (Å²) in [5, 5.41) is 10.2. The molecule has 40 heavy (non-hydrogen) atoms. The molecule has 0 aromatic heterocycles. The summed E-state index contributed by atoms with van der Waals surface area (Å²) in [5.74, 6) is 3.44. The molecule has 0 spiro atoms. The highest BCUT2D eigenvalue weighted by atomic mass is 16.5. The number of likely N-dealkylation sites (N-methyl/N-ethyl adjacent to an activating group) is 1. The Morgan fingerprint density at radius 1 is 1.02 bits per heavy atom. The molecule has 2 heterocycles. The van der Waals surface area contributed by atoms with Crippen LogP contribution in [-0.4, -0.2) is 67.9 Å². The molecule has 6 heteroatoms. The molecule has 2 aliphatic heterocycles. The lowest BCUT2D eigenvalue weighted by Crippen LogP contribution is -2.35. The zero-order valence-electron chi connectivity index (χ0n) is 24.4. The maximum atomic E-state index is 10.2. The molecule has 3 atom stereocenters. The van der Waals surface area contributed by atoms with Crippen LogP contribution in [0.2, 0.25) is 0 Å². The second kappa shape index (κ2) is 12.4. The van der Waals surface area contributed by atoms with E-state index in [1.807, 2.05) is 44.4 Å². The SMILES string of the molecule is CC1=C(c2cccc(OCCN(C)C)c2)C(c2ccc(OCC(C)N3CCC(C)C3)cc2)Oc2ccc(O)cc21. The van der Waals surface area contributed by atoms with E-state index in [1.54, 1.807) is 12.1 Å². The Labute approximate surface area is 238 Å². The first-order valence-electron chi connectivity index (χ1n) is 14.3. The van der Waals surface area contributed by atoms with Gasteiger partial charge in [-0.05, 0) is 106 Å². The second-order valence-electron chi connectivity index (χ2n) is 11.5. The smallest absolute Gasteiger partial charge is 0.150 e. The van der Waals surface area contributed by atoms with Crippen molar-refractivity contribution in [1.29, 1.82) is 0 Å². The van der Waals surface area contributed by atoms with Crippen LogP contribution in [-0.2, 0) is 0 Å². The third-order valence-corrected chi connectivity index (χ3v) is 7.98. The van der Waals surface area contributed by atoms with Crippen LogP contribution in [0.15, 0.2) is 66.7 Å². The van der Waals surface area contributed by atoms with Gasteiger partial charge in [0.05, 0.1) is 0 Å². The van der Waals surface area contributed by atoms with Crippen molar-refractivity contribution in [2.24, 2.45) is 5.92 Å². The first-order valence-corrected chi connectivity index (χ1v) is 14.3. The molecule has 5 rings (SSSR count). The molecule has 1 saturated heterocycles. The largest absolute Gasteiger partial charge is 0.508 e. The fourth-order valence-corrected chi connectivity index (χ4v) is 5.57. The monoisotopic (exact) mass is 542 g/mol. The highest BCUT2D eigenvalue weighted by Gasteiger charge is 2.30. The van der Waals surface area contributed by atoms with Crippen LogP contribution in [0.5, 0.6) is 23.0 Å². The van der Waals surface area contributed by atoms with E-state index in [0.29, 0.717) is 19.3 Å². The van der Waals surface area contributed by atoms with Gasteiger partial charge in [0.25, 0.3) is 0 Å². The van der Waals surface area contributed by atoms with Gasteiger partial charge >= 0.3 is 0 Å². The molecule has 6 nitrogen and oxygen atoms in total. The van der Waals surface area contributed by atoms with Gasteiger partial charge in [0.15, 0.2) is 0 Å². The maximum Gasteiger partial charge on any atom is 0.150 e. The van der Waals surface area contributed by atoms with Gasteiger partial charge in [0.2, 0.25) is 0 Å². The number of benzene rings is 3. The van der Waals surface area contributed by atoms with Gasteiger partial charge in [0.1, 0.15) is 42.3 Å². The Morgan fingerprint density at radius 2 is 1.82 bits per heavy atom. The number of likely N-dealkylation sites (tertiary alicyclic amines) is 1. The molecule has 1 fully saturated rings. The predicted octanol–water partition coefficient (Wildman–Crippen LogP) is 6.51. The normalized spacial score (nSPS) is 19.9. The Bertz CT molecular complexity index is 1330. The van der Waals surface area contributed by atoms with E-state index in [0.717, 1.165) is 70.6 Å². The third kappa shape index (κ3) is 6.45. The van der Waals surface area contributed by atoms with Crippen LogP contribution in [0.3, 0.4) is 0 Å². The molecule has 1 N–H and O–H groups in total. The summed E-state index contributed by atoms with van der Waals surface area (Å²) in [6, 6.07) is 22.1. The molecule has 0 saturated carbocycles. The number of rotatable bonds is 10. The standard InChI is InChI=1S/C34H42N2O4/c1-23-15-16-36(21-23)24(2)22-39-29-12-9-26(10-13-29)34-33(25(3)31-20-28(37)11-14-32(31)40-34)27-7-6-8-30(19-27)38-18-17-35(4)5/h6-14,19-20,23-24,34,37H,15-18,21-22H2,1-5H3. The molecular formula is C34H42N2O4. The van der Waals surface area contributed by atoms with Crippen molar-refractivity contribution in [2.45, 2.75) is 39.3 Å². The van der Waals surface area contributed by atoms with Gasteiger partial charge in [-0.2, -0.15) is 0 Å². The summed E-state index contributed by atoms with van der Waals surface area (Å²) in [4.78, 5) is 4.62. The Hall–Kier alpha value is -3.48. The van der Waals surface area contributed by atoms with Crippen LogP contribution in [0.1, 0.15) is 50.0 Å². The van der Waals surface area contributed by atoms with Crippen LogP contribution in [0.4, 0.5) is 0 Å². The number of hydrogen-bond donors (Lipinski definition) is 1. The van der Waals surface area contributed by atoms with Crippen molar-refractivity contribution < 1.29 is 19.3 Å². The van der Waals surface area contributed by atoms with Crippen molar-refractivity contribution in [3.05, 3.63) is 83.4 Å². The summed E-state index contributed by atoms with van der Waals surface area (Å²) in [5.41, 5.74) is 5.10. The quantitative estimate of drug-likeness (QED) is 0.315. The number of hydrogen-bond acceptors (Lipinski definition) is 6. The van der Waals surface area contributed by atoms with E-state index < -0.39 is 0 Å². The van der Waals surface area contributed by atoms with Crippen molar-refractivity contribution in [3.8, 4) is 23.0 Å². The first-order chi connectivity index (χ1) is 19.3. The fraction of sp³-hybridized carbons (Fsp3) is 0.412. The predicted molar refractivity (Wildman–Crippen MR) is 161 cm³/mol. The van der Waals surface area contributed by atoms with Gasteiger partial charge in [-0.1, -0.05) is 31.2 Å². The topological polar surface area (TPSA) is 54.4 Å². The highest BCUT2D eigenvalue weighted by Crippen LogP contribution is 2.47. The number of phenols is 1. The second-order valence-corrected chi connectivity index (χ2v) is 11.5. The van der Waals surface area contributed by atoms with Gasteiger partial charge in [-0.25, -0.2) is 0 Å². The zero-order chi connectivity index (χ0) is 28.2. The summed E-state index contributed by atoms with van der Waals surface area (Å²) < 4.78 is 18.9. The first kappa shape index (κ1) is 28.1. The van der Waals surface area contributed by atoms with Crippen molar-refractivity contribution in [2.75, 3.05) is 46.9 Å². The van der Waals surface area contributed by atoms with Crippen molar-refractivity contribution >= 4 is 11.1 Å². The Balaban J connectivity index is 1.39. The number of allylic oxidation sites excluding steroid dienone is 1. The lowest BCUT2D eigenvalue weighted by atomic mass is 9.86. The van der Waals surface area contributed by atoms with Crippen LogP contribution < -0.4 is 14.2 Å². The summed E-state index contributed by atoms with van der Waals surface area (Å²) in [6.07, 6.45) is 0.955. The van der Waals surface area contributed by atoms with Gasteiger partial charge in [-0.15, -0.1) is 0 Å². The van der Waals surface area contributed by atoms with Crippen molar-refractivity contribution in [3.63, 3.8) is 0 Å². The summed E-state index contributed by atoms with van der Waals surface area (Å²) in [7, 11) is 4.07. The number of fused-ring (bicyclic) bond motifs is 1. The maximum absolute atomic E-state index is 10.2. The number of ether oxygens (including phenoxy) is 3. The number of phenolic OH excluding ortho intramolecular Hbond substituents is 1. The zero-order valence-corrected chi connectivity index (χ0v) is 24.4. The van der Waals surface area contributed by atoms with Crippen LogP contribution in [0.25, 0.3) is 11.1 Å². The summed E-state index contributed by atoms with van der Waals surface area (Å²) in [6.45, 7) is 11.1. The molecular weight excluding hydrogens is 500 g/mol. The van der Waals surface area contributed by atoms with E-state index in [2.05, 4.69) is 54.8 Å². The Kier molecular flexibility index (Phi) is 8.67. The molecule has 3 aromatic carbocycles. The van der Waals surface area contributed by atoms with Gasteiger partial charge in [-0.3, -0.25) is 4.90 Å². The van der Waals surface area contributed by atoms with E-state index in [9.17, 15) is 5.11 Å². The van der Waals surface area contributed by atoms with Crippen molar-refractivity contribution in [1.82, 2.24) is 9.80 Å². The molecule has 2 aliphatic rings. The number of nitrogens with zero attached hydrogens (tertiary/aromatic N) is 2. The highest BCUT2D eigenvalue weighted by molar-refractivity contribution is 5.95. The van der Waals surface area contributed by atoms with Crippen LogP contribution in [0, 0.1) is 5.92 Å². The van der Waals surface area contributed by atoms with E-state index in [4.69, 9.17) is 14.2 Å². The molecule has 0 radical (unpaired) electrons. The Morgan fingerprint density at radius 3 is 2.55 bits per heavy atom. The molecule has 0 aliphatic carbocycles. The summed E-state index contributed by atoms with van der Waals surface area (Å²) >= 11 is 0. The minimum absolute atomic E-state index is 0.222. The van der Waals surface area contributed by atoms with E-state index in [1.165, 1.54) is 6.42 Å². The lowest BCUT2D eigenvalue weighted by molar-refractivity contribution is 0.169. The molecule has 3 aromatic rings. The molecule has 0 bridgehead atoms. The van der Waals surface area contributed by atoms with Gasteiger partial charge in [0, 0.05) is 30.3 Å². The molecule has 3 unspecified atom stereocenters.